The van der Waals surface area contributed by atoms with E-state index in [0.717, 1.165) is 0 Å². The molecule has 3 heterocycles. The van der Waals surface area contributed by atoms with E-state index >= 15 is 0 Å². The number of rotatable bonds is 30. The first-order chi connectivity index (χ1) is 42.0. The van der Waals surface area contributed by atoms with Gasteiger partial charge in [-0.2, -0.15) is 0 Å². The highest BCUT2D eigenvalue weighted by Crippen LogP contribution is 2.14. The van der Waals surface area contributed by atoms with Gasteiger partial charge in [0.1, 0.15) is 0 Å². The molecule has 0 radical (unpaired) electrons. The molecule has 0 aromatic carbocycles. The van der Waals surface area contributed by atoms with E-state index in [0.29, 0.717) is 0 Å². The van der Waals surface area contributed by atoms with Gasteiger partial charge >= 0.3 is 53.7 Å². The van der Waals surface area contributed by atoms with Crippen molar-refractivity contribution in [2.45, 2.75) is 6.92 Å². The number of nitrogens with zero attached hydrogens (tertiary/aromatic N) is 12. The van der Waals surface area contributed by atoms with Crippen molar-refractivity contribution in [3.63, 3.8) is 0 Å². The van der Waals surface area contributed by atoms with Gasteiger partial charge in [0, 0.05) is 182 Å². The minimum absolute atomic E-state index is 0.129. The van der Waals surface area contributed by atoms with Crippen LogP contribution in [0.5, 0.6) is 0 Å². The van der Waals surface area contributed by atoms with Crippen molar-refractivity contribution in [3.8, 4) is 0 Å². The highest BCUT2D eigenvalue weighted by Gasteiger charge is 2.30. The Hall–Kier alpha value is -6.84. The van der Waals surface area contributed by atoms with E-state index < -0.39 is 76.9 Å². The Labute approximate surface area is 516 Å². The molecule has 3 rings (SSSR count). The molecule has 36 nitrogen and oxygen atoms in total. The lowest BCUT2D eigenvalue weighted by atomic mass is 9.90. The average molecular weight is 1280 g/mol. The molecule has 0 spiro atoms. The molecule has 0 atom stereocenters. The summed E-state index contributed by atoms with van der Waals surface area (Å²) < 4.78 is 0. The summed E-state index contributed by atoms with van der Waals surface area (Å²) >= 11 is 0. The number of amides is 3. The van der Waals surface area contributed by atoms with Crippen LogP contribution in [0, 0.1) is 5.41 Å². The van der Waals surface area contributed by atoms with Gasteiger partial charge in [0.05, 0.1) is 78.5 Å². The fourth-order valence-corrected chi connectivity index (χ4v) is 10.3. The van der Waals surface area contributed by atoms with E-state index in [1.165, 1.54) is 0 Å². The van der Waals surface area contributed by atoms with Crippen molar-refractivity contribution in [2.24, 2.45) is 5.41 Å². The van der Waals surface area contributed by atoms with Crippen molar-refractivity contribution < 1.29 is 103 Å². The molecule has 0 saturated carbocycles. The first-order valence-electron chi connectivity index (χ1n) is 29.5. The molecular weight excluding hydrogens is 1180 g/mol. The molecule has 3 saturated heterocycles. The maximum atomic E-state index is 14.1. The number of carboxylic acid groups (broad SMARTS) is 9. The topological polar surface area (TPSA) is 462 Å². The standard InChI is InChI=1S/C53H93N15O21/c1-53(38-54-41(69)26-57-2-8-60(29-44(72)73)14-20-66(35-50(84)85)21-15-61(9-3-57)30-45(74)75,39-55-42(70)27-58-4-10-62(31-46(76)77)16-22-67(36-51(86)87)23-17-63(11-5-58)32-47(78)79)40-56-43(71)28-59-6-12-64(33-48(80)81)18-24-68(37-52(88)89)25-19-65(13-7-59)34-49(82)83/h2-40H2,1H3,(H,54,69)(H,55,70)(H,56,71)(H,72,73)(H,74,75)(H,76,77)(H,78,79)(H,80,81)(H,82,83)(H,84,85)(H,86,87)(H,88,89). The van der Waals surface area contributed by atoms with Crippen molar-refractivity contribution in [1.82, 2.24) is 74.7 Å². The predicted molar refractivity (Wildman–Crippen MR) is 313 cm³/mol. The number of hydrogen-bond donors (Lipinski definition) is 12. The van der Waals surface area contributed by atoms with Crippen LogP contribution >= 0.6 is 0 Å². The Balaban J connectivity index is 1.93. The summed E-state index contributed by atoms with van der Waals surface area (Å²) in [4.78, 5) is 168. The molecule has 36 heteroatoms. The zero-order chi connectivity index (χ0) is 66.1. The minimum atomic E-state index is -1.18. The molecule has 3 amide bonds. The van der Waals surface area contributed by atoms with Crippen molar-refractivity contribution in [2.75, 3.05) is 255 Å². The summed E-state index contributed by atoms with van der Waals surface area (Å²) in [5.41, 5.74) is -1.18. The van der Waals surface area contributed by atoms with Crippen LogP contribution in [0.1, 0.15) is 6.92 Å². The van der Waals surface area contributed by atoms with Crippen molar-refractivity contribution in [3.05, 3.63) is 0 Å². The van der Waals surface area contributed by atoms with Gasteiger partial charge in [0.25, 0.3) is 0 Å². The molecule has 12 N–H and O–H groups in total. The van der Waals surface area contributed by atoms with E-state index in [-0.39, 0.29) is 255 Å². The third-order valence-corrected chi connectivity index (χ3v) is 15.3. The van der Waals surface area contributed by atoms with Crippen molar-refractivity contribution >= 4 is 71.4 Å². The first kappa shape index (κ1) is 76.4. The third kappa shape index (κ3) is 35.8. The molecule has 506 valence electrons. The summed E-state index contributed by atoms with van der Waals surface area (Å²) in [6.07, 6.45) is 0. The van der Waals surface area contributed by atoms with E-state index in [9.17, 15) is 103 Å². The number of nitrogens with one attached hydrogen (secondary N) is 3. The number of carbonyl (C=O) groups excluding carboxylic acids is 3. The van der Waals surface area contributed by atoms with Crippen molar-refractivity contribution in [1.29, 1.82) is 0 Å². The number of aliphatic carboxylic acids is 9. The molecule has 3 aliphatic heterocycles. The van der Waals surface area contributed by atoms with Gasteiger partial charge in [0.2, 0.25) is 17.7 Å². The molecular formula is C53H93N15O21. The van der Waals surface area contributed by atoms with Gasteiger partial charge in [-0.3, -0.25) is 116 Å². The second kappa shape index (κ2) is 40.7. The van der Waals surface area contributed by atoms with Crippen LogP contribution < -0.4 is 16.0 Å². The summed E-state index contributed by atoms with van der Waals surface area (Å²) in [5, 5.41) is 95.6. The van der Waals surface area contributed by atoms with E-state index in [4.69, 9.17) is 0 Å². The summed E-state index contributed by atoms with van der Waals surface area (Å²) in [6.45, 7) is 0.323. The Morgan fingerprint density at radius 2 is 0.326 bits per heavy atom. The number of carbonyl (C=O) groups is 12. The lowest BCUT2D eigenvalue weighted by molar-refractivity contribution is -0.140. The molecule has 0 aromatic rings. The molecule has 0 aromatic heterocycles. The number of carboxylic acids is 9. The Morgan fingerprint density at radius 3 is 0.427 bits per heavy atom. The van der Waals surface area contributed by atoms with Crippen LogP contribution in [-0.4, -0.2) is 431 Å². The summed E-state index contributed by atoms with van der Waals surface area (Å²) in [7, 11) is 0. The van der Waals surface area contributed by atoms with Gasteiger partial charge in [-0.05, 0) is 0 Å². The normalized spacial score (nSPS) is 19.5. The Morgan fingerprint density at radius 1 is 0.225 bits per heavy atom. The molecule has 0 unspecified atom stereocenters. The third-order valence-electron chi connectivity index (χ3n) is 15.3. The lowest BCUT2D eigenvalue weighted by Gasteiger charge is -2.34. The lowest BCUT2D eigenvalue weighted by Crippen LogP contribution is -2.54. The van der Waals surface area contributed by atoms with Crippen LogP contribution in [-0.2, 0) is 57.5 Å². The predicted octanol–water partition coefficient (Wildman–Crippen LogP) is -8.23. The van der Waals surface area contributed by atoms with Crippen LogP contribution in [0.25, 0.3) is 0 Å². The molecule has 0 bridgehead atoms. The Bertz CT molecular complexity index is 2000. The highest BCUT2D eigenvalue weighted by atomic mass is 16.4. The minimum Gasteiger partial charge on any atom is -0.480 e. The quantitative estimate of drug-likeness (QED) is 0.0318. The van der Waals surface area contributed by atoms with Crippen LogP contribution in [0.4, 0.5) is 0 Å². The second-order valence-corrected chi connectivity index (χ2v) is 23.0. The zero-order valence-electron chi connectivity index (χ0n) is 50.9. The van der Waals surface area contributed by atoms with Crippen LogP contribution in [0.15, 0.2) is 0 Å². The second-order valence-electron chi connectivity index (χ2n) is 23.0. The van der Waals surface area contributed by atoms with Gasteiger partial charge < -0.3 is 61.9 Å². The van der Waals surface area contributed by atoms with E-state index in [1.54, 1.807) is 65.7 Å². The highest BCUT2D eigenvalue weighted by molar-refractivity contribution is 5.80. The fraction of sp³-hybridized carbons (Fsp3) is 0.774. The summed E-state index contributed by atoms with van der Waals surface area (Å²) in [5.74, 6) is -11.8. The average Bonchev–Trinajstić information content (AvgIpc) is 3.63. The maximum absolute atomic E-state index is 14.1. The van der Waals surface area contributed by atoms with Gasteiger partial charge in [-0.15, -0.1) is 0 Å². The molecule has 3 fully saturated rings. The number of hydrogen-bond acceptors (Lipinski definition) is 24. The monoisotopic (exact) mass is 1280 g/mol. The smallest absolute Gasteiger partial charge is 0.317 e. The molecule has 0 aliphatic carbocycles. The van der Waals surface area contributed by atoms with Gasteiger partial charge in [-0.25, -0.2) is 0 Å². The first-order valence-corrected chi connectivity index (χ1v) is 29.5. The maximum Gasteiger partial charge on any atom is 0.317 e. The molecule has 89 heavy (non-hydrogen) atoms. The van der Waals surface area contributed by atoms with E-state index in [2.05, 4.69) is 16.0 Å². The van der Waals surface area contributed by atoms with Crippen LogP contribution in [0.2, 0.25) is 0 Å². The summed E-state index contributed by atoms with van der Waals surface area (Å²) in [6, 6.07) is 0. The van der Waals surface area contributed by atoms with Crippen LogP contribution in [0.3, 0.4) is 0 Å². The zero-order valence-corrected chi connectivity index (χ0v) is 50.9. The molecule has 3 aliphatic rings. The largest absolute Gasteiger partial charge is 0.480 e. The fourth-order valence-electron chi connectivity index (χ4n) is 10.3. The van der Waals surface area contributed by atoms with Gasteiger partial charge in [0.15, 0.2) is 0 Å². The Kier molecular flexibility index (Phi) is 35.0. The van der Waals surface area contributed by atoms with Gasteiger partial charge in [-0.1, -0.05) is 6.92 Å². The van der Waals surface area contributed by atoms with E-state index in [1.807, 2.05) is 0 Å². The SMILES string of the molecule is CC(CNC(=O)CN1CCN(CC(=O)O)CCN(CC(=O)O)CCN(CC(=O)O)CC1)(CNC(=O)CN1CCN(CC(=O)O)CCN(CC(=O)O)CCN(CC(=O)O)CC1)CNC(=O)CN1CCN(CC(=O)O)CCN(CC(=O)O)CCN(CC(=O)O)CC1.